The highest BCUT2D eigenvalue weighted by Crippen LogP contribution is 2.43. The van der Waals surface area contributed by atoms with E-state index in [0.29, 0.717) is 0 Å². The van der Waals surface area contributed by atoms with Crippen LogP contribution < -0.4 is 4.90 Å². The lowest BCUT2D eigenvalue weighted by Crippen LogP contribution is -2.21. The molecule has 0 fully saturated rings. The Morgan fingerprint density at radius 3 is 2.74 bits per heavy atom. The van der Waals surface area contributed by atoms with Gasteiger partial charge in [-0.05, 0) is 48.9 Å². The van der Waals surface area contributed by atoms with Crippen molar-refractivity contribution in [2.75, 3.05) is 4.90 Å². The number of hydrogen-bond donors (Lipinski definition) is 0. The van der Waals surface area contributed by atoms with Crippen LogP contribution in [0.25, 0.3) is 0 Å². The molecule has 0 radical (unpaired) electrons. The van der Waals surface area contributed by atoms with Gasteiger partial charge in [-0.2, -0.15) is 0 Å². The number of anilines is 1. The van der Waals surface area contributed by atoms with Crippen molar-refractivity contribution in [3.8, 4) is 0 Å². The molecular formula is C19H16ClNS2. The number of halogens is 1. The summed E-state index contributed by atoms with van der Waals surface area (Å²) in [5, 5.41) is 0.794. The zero-order valence-electron chi connectivity index (χ0n) is 12.8. The summed E-state index contributed by atoms with van der Waals surface area (Å²) in [6, 6.07) is 19.3. The van der Waals surface area contributed by atoms with E-state index in [2.05, 4.69) is 60.4 Å². The van der Waals surface area contributed by atoms with Gasteiger partial charge < -0.3 is 4.90 Å². The summed E-state index contributed by atoms with van der Waals surface area (Å²) >= 11 is 9.98. The van der Waals surface area contributed by atoms with Crippen LogP contribution in [0.15, 0.2) is 64.4 Å². The summed E-state index contributed by atoms with van der Waals surface area (Å²) in [6.45, 7) is 3.99. The molecule has 3 aromatic rings. The van der Waals surface area contributed by atoms with Gasteiger partial charge in [0.25, 0.3) is 0 Å². The van der Waals surface area contributed by atoms with Crippen molar-refractivity contribution in [1.82, 2.24) is 0 Å². The Labute approximate surface area is 149 Å². The first-order chi connectivity index (χ1) is 11.2. The second-order valence-corrected chi connectivity index (χ2v) is 8.58. The SMILES string of the molecule is Cc1ccc(CN2Cc3ccccc3Sc3ccc(Cl)cc32)s1. The normalized spacial score (nSPS) is 13.4. The number of nitrogens with zero attached hydrogens (tertiary/aromatic N) is 1. The fourth-order valence-corrected chi connectivity index (χ4v) is 5.01. The smallest absolute Gasteiger partial charge is 0.0529 e. The molecule has 1 nitrogen and oxygen atoms in total. The van der Waals surface area contributed by atoms with Crippen molar-refractivity contribution in [2.24, 2.45) is 0 Å². The fourth-order valence-electron chi connectivity index (χ4n) is 2.87. The Hall–Kier alpha value is -1.42. The first-order valence-electron chi connectivity index (χ1n) is 7.54. The summed E-state index contributed by atoms with van der Waals surface area (Å²) in [5.74, 6) is 0. The number of aryl methyl sites for hydroxylation is 1. The zero-order valence-corrected chi connectivity index (χ0v) is 15.1. The van der Waals surface area contributed by atoms with Gasteiger partial charge in [-0.15, -0.1) is 11.3 Å². The molecule has 0 unspecified atom stereocenters. The topological polar surface area (TPSA) is 3.24 Å². The van der Waals surface area contributed by atoms with Gasteiger partial charge in [0.1, 0.15) is 0 Å². The number of benzene rings is 2. The third-order valence-corrected chi connectivity index (χ3v) is 6.36. The first kappa shape index (κ1) is 15.1. The van der Waals surface area contributed by atoms with Crippen LogP contribution >= 0.6 is 34.7 Å². The second kappa shape index (κ2) is 6.23. The van der Waals surface area contributed by atoms with Gasteiger partial charge in [0, 0.05) is 31.1 Å². The lowest BCUT2D eigenvalue weighted by Gasteiger charge is -2.24. The minimum absolute atomic E-state index is 0.794. The third kappa shape index (κ3) is 3.14. The molecule has 4 rings (SSSR count). The molecule has 23 heavy (non-hydrogen) atoms. The highest BCUT2D eigenvalue weighted by Gasteiger charge is 2.20. The summed E-state index contributed by atoms with van der Waals surface area (Å²) < 4.78 is 0. The first-order valence-corrected chi connectivity index (χ1v) is 9.56. The van der Waals surface area contributed by atoms with Crippen LogP contribution in [0.4, 0.5) is 5.69 Å². The van der Waals surface area contributed by atoms with Gasteiger partial charge in [0.05, 0.1) is 12.2 Å². The Kier molecular flexibility index (Phi) is 4.10. The molecule has 0 saturated carbocycles. The Morgan fingerprint density at radius 1 is 1.04 bits per heavy atom. The molecule has 0 spiro atoms. The monoisotopic (exact) mass is 357 g/mol. The molecule has 2 aromatic carbocycles. The van der Waals surface area contributed by atoms with Crippen LogP contribution in [0.1, 0.15) is 15.3 Å². The van der Waals surface area contributed by atoms with Gasteiger partial charge in [-0.1, -0.05) is 41.6 Å². The van der Waals surface area contributed by atoms with E-state index in [0.717, 1.165) is 18.1 Å². The largest absolute Gasteiger partial charge is 0.361 e. The predicted molar refractivity (Wildman–Crippen MR) is 101 cm³/mol. The molecule has 1 aromatic heterocycles. The van der Waals surface area contributed by atoms with Gasteiger partial charge in [0.2, 0.25) is 0 Å². The molecule has 0 amide bonds. The van der Waals surface area contributed by atoms with Crippen molar-refractivity contribution in [1.29, 1.82) is 0 Å². The van der Waals surface area contributed by atoms with E-state index >= 15 is 0 Å². The molecule has 116 valence electrons. The van der Waals surface area contributed by atoms with Crippen molar-refractivity contribution >= 4 is 40.4 Å². The van der Waals surface area contributed by atoms with Crippen molar-refractivity contribution < 1.29 is 0 Å². The lowest BCUT2D eigenvalue weighted by atomic mass is 10.2. The van der Waals surface area contributed by atoms with Gasteiger partial charge in [-0.3, -0.25) is 0 Å². The number of fused-ring (bicyclic) bond motifs is 2. The van der Waals surface area contributed by atoms with E-state index in [1.54, 1.807) is 0 Å². The average Bonchev–Trinajstić information content (AvgIpc) is 2.88. The van der Waals surface area contributed by atoms with Crippen molar-refractivity contribution in [3.63, 3.8) is 0 Å². The number of thiophene rings is 1. The van der Waals surface area contributed by atoms with Crippen LogP contribution in [-0.4, -0.2) is 0 Å². The van der Waals surface area contributed by atoms with Crippen molar-refractivity contribution in [3.05, 3.63) is 74.9 Å². The van der Waals surface area contributed by atoms with E-state index in [1.165, 1.54) is 30.8 Å². The van der Waals surface area contributed by atoms with Crippen LogP contribution in [0.3, 0.4) is 0 Å². The highest BCUT2D eigenvalue weighted by molar-refractivity contribution is 7.99. The summed E-state index contributed by atoms with van der Waals surface area (Å²) in [7, 11) is 0. The maximum Gasteiger partial charge on any atom is 0.0529 e. The molecule has 0 N–H and O–H groups in total. The minimum atomic E-state index is 0.794. The minimum Gasteiger partial charge on any atom is -0.361 e. The maximum absolute atomic E-state index is 6.28. The van der Waals surface area contributed by atoms with Crippen LogP contribution in [0.5, 0.6) is 0 Å². The Balaban J connectivity index is 1.78. The Morgan fingerprint density at radius 2 is 1.91 bits per heavy atom. The molecule has 4 heteroatoms. The standard InChI is InChI=1S/C19H16ClNS2/c1-13-6-8-16(22-13)12-21-11-14-4-2-3-5-18(14)23-19-9-7-15(20)10-17(19)21/h2-10H,11-12H2,1H3. The van der Waals surface area contributed by atoms with E-state index in [1.807, 2.05) is 29.2 Å². The summed E-state index contributed by atoms with van der Waals surface area (Å²) in [5.41, 5.74) is 2.60. The molecule has 0 aliphatic carbocycles. The molecule has 1 aliphatic heterocycles. The van der Waals surface area contributed by atoms with Crippen LogP contribution in [0.2, 0.25) is 5.02 Å². The zero-order chi connectivity index (χ0) is 15.8. The summed E-state index contributed by atoms with van der Waals surface area (Å²) in [6.07, 6.45) is 0. The van der Waals surface area contributed by atoms with E-state index in [9.17, 15) is 0 Å². The second-order valence-electron chi connectivity index (χ2n) is 5.69. The maximum atomic E-state index is 6.28. The van der Waals surface area contributed by atoms with E-state index < -0.39 is 0 Å². The average molecular weight is 358 g/mol. The van der Waals surface area contributed by atoms with E-state index in [4.69, 9.17) is 11.6 Å². The number of rotatable bonds is 2. The molecule has 0 bridgehead atoms. The van der Waals surface area contributed by atoms with Gasteiger partial charge in [0.15, 0.2) is 0 Å². The van der Waals surface area contributed by atoms with Crippen molar-refractivity contribution in [2.45, 2.75) is 29.8 Å². The molecule has 2 heterocycles. The van der Waals surface area contributed by atoms with Crippen LogP contribution in [-0.2, 0) is 13.1 Å². The third-order valence-electron chi connectivity index (χ3n) is 3.96. The summed E-state index contributed by atoms with van der Waals surface area (Å²) in [4.78, 5) is 7.79. The fraction of sp³-hybridized carbons (Fsp3) is 0.158. The van der Waals surface area contributed by atoms with Crippen LogP contribution in [0, 0.1) is 6.92 Å². The Bertz CT molecular complexity index is 856. The quantitative estimate of drug-likeness (QED) is 0.523. The van der Waals surface area contributed by atoms with E-state index in [-0.39, 0.29) is 0 Å². The highest BCUT2D eigenvalue weighted by atomic mass is 35.5. The van der Waals surface area contributed by atoms with Gasteiger partial charge in [-0.25, -0.2) is 0 Å². The molecule has 1 aliphatic rings. The molecule has 0 saturated heterocycles. The lowest BCUT2D eigenvalue weighted by molar-refractivity contribution is 0.795. The molecular weight excluding hydrogens is 342 g/mol. The predicted octanol–water partition coefficient (Wildman–Crippen LogP) is 6.38. The van der Waals surface area contributed by atoms with Gasteiger partial charge >= 0.3 is 0 Å². The number of hydrogen-bond acceptors (Lipinski definition) is 3. The molecule has 0 atom stereocenters.